The first kappa shape index (κ1) is 6.04. The van der Waals surface area contributed by atoms with Crippen molar-refractivity contribution in [2.24, 2.45) is 9.98 Å². The number of halogens is 1. The fraction of sp³-hybridized carbons (Fsp3) is 0.143. The Bertz CT molecular complexity index is 273. The molecule has 0 aliphatic carbocycles. The molecule has 0 aromatic carbocycles. The molecule has 0 radical (unpaired) electrons. The van der Waals surface area contributed by atoms with Crippen molar-refractivity contribution < 1.29 is 0 Å². The lowest BCUT2D eigenvalue weighted by Gasteiger charge is -2.08. The minimum atomic E-state index is 0.294. The number of nitrogens with zero attached hydrogens (tertiary/aromatic N) is 2. The molecular weight excluding hydrogens is 192 g/mol. The molecule has 2 nitrogen and oxygen atoms in total. The monoisotopic (exact) mass is 196 g/mol. The van der Waals surface area contributed by atoms with Gasteiger partial charge in [0.05, 0.1) is 4.83 Å². The molecule has 0 saturated carbocycles. The Morgan fingerprint density at radius 3 is 3.20 bits per heavy atom. The fourth-order valence-electron chi connectivity index (χ4n) is 0.953. The van der Waals surface area contributed by atoms with E-state index in [-0.39, 0.29) is 0 Å². The summed E-state index contributed by atoms with van der Waals surface area (Å²) in [5.41, 5.74) is 1.16. The first-order chi connectivity index (χ1) is 4.88. The van der Waals surface area contributed by atoms with E-state index in [0.29, 0.717) is 4.83 Å². The van der Waals surface area contributed by atoms with Crippen LogP contribution in [0.3, 0.4) is 0 Å². The predicted molar refractivity (Wildman–Crippen MR) is 45.9 cm³/mol. The second kappa shape index (κ2) is 2.16. The number of hydrogen-bond donors (Lipinski definition) is 0. The van der Waals surface area contributed by atoms with E-state index in [1.807, 2.05) is 12.2 Å². The Morgan fingerprint density at radius 2 is 2.40 bits per heavy atom. The van der Waals surface area contributed by atoms with Crippen LogP contribution in [0.15, 0.2) is 33.9 Å². The maximum absolute atomic E-state index is 4.08. The minimum Gasteiger partial charge on any atom is -0.237 e. The maximum Gasteiger partial charge on any atom is 0.156 e. The first-order valence-corrected chi connectivity index (χ1v) is 3.92. The van der Waals surface area contributed by atoms with Crippen molar-refractivity contribution in [2.75, 3.05) is 0 Å². The summed E-state index contributed by atoms with van der Waals surface area (Å²) in [6.07, 6.45) is 7.51. The molecule has 0 fully saturated rings. The van der Waals surface area contributed by atoms with Gasteiger partial charge in [0.25, 0.3) is 0 Å². The number of allylic oxidation sites excluding steroid dienone is 2. The van der Waals surface area contributed by atoms with E-state index in [0.717, 1.165) is 11.4 Å². The van der Waals surface area contributed by atoms with E-state index in [2.05, 4.69) is 25.9 Å². The Hall–Kier alpha value is -0.700. The Morgan fingerprint density at radius 1 is 1.50 bits per heavy atom. The molecule has 0 N–H and O–H groups in total. The van der Waals surface area contributed by atoms with E-state index in [1.165, 1.54) is 0 Å². The van der Waals surface area contributed by atoms with Crippen molar-refractivity contribution >= 4 is 28.0 Å². The molecule has 0 spiro atoms. The van der Waals surface area contributed by atoms with Gasteiger partial charge in [-0.05, 0) is 12.2 Å². The van der Waals surface area contributed by atoms with Gasteiger partial charge in [-0.15, -0.1) is 0 Å². The van der Waals surface area contributed by atoms with Crippen molar-refractivity contribution in [1.29, 1.82) is 0 Å². The van der Waals surface area contributed by atoms with Crippen LogP contribution in [0.2, 0.25) is 0 Å². The summed E-state index contributed by atoms with van der Waals surface area (Å²) in [7, 11) is 0. The van der Waals surface area contributed by atoms with Crippen LogP contribution >= 0.6 is 15.9 Å². The van der Waals surface area contributed by atoms with Crippen molar-refractivity contribution in [1.82, 2.24) is 0 Å². The van der Waals surface area contributed by atoms with Gasteiger partial charge in [0.2, 0.25) is 0 Å². The lowest BCUT2D eigenvalue weighted by atomic mass is 10.1. The van der Waals surface area contributed by atoms with Gasteiger partial charge in [-0.3, -0.25) is 0 Å². The summed E-state index contributed by atoms with van der Waals surface area (Å²) in [6.45, 7) is 0. The average molecular weight is 197 g/mol. The third-order valence-corrected chi connectivity index (χ3v) is 2.26. The Labute approximate surface area is 67.2 Å². The van der Waals surface area contributed by atoms with E-state index in [1.54, 1.807) is 12.4 Å². The summed E-state index contributed by atoms with van der Waals surface area (Å²) >= 11 is 3.48. The Kier molecular flexibility index (Phi) is 1.31. The maximum atomic E-state index is 4.08. The second-order valence-corrected chi connectivity index (χ2v) is 3.08. The van der Waals surface area contributed by atoms with E-state index >= 15 is 0 Å². The number of rotatable bonds is 0. The zero-order chi connectivity index (χ0) is 6.97. The highest BCUT2D eigenvalue weighted by molar-refractivity contribution is 9.09. The van der Waals surface area contributed by atoms with Crippen LogP contribution < -0.4 is 0 Å². The molecule has 1 atom stereocenters. The molecule has 0 saturated heterocycles. The summed E-state index contributed by atoms with van der Waals surface area (Å²) in [6, 6.07) is 0. The van der Waals surface area contributed by atoms with Crippen LogP contribution in [0, 0.1) is 0 Å². The van der Waals surface area contributed by atoms with Gasteiger partial charge in [-0.2, -0.15) is 0 Å². The number of alkyl halides is 1. The number of fused-ring (bicyclic) bond motifs is 1. The van der Waals surface area contributed by atoms with Crippen LogP contribution in [-0.2, 0) is 0 Å². The molecule has 0 bridgehead atoms. The van der Waals surface area contributed by atoms with E-state index in [9.17, 15) is 0 Å². The highest BCUT2D eigenvalue weighted by Crippen LogP contribution is 2.22. The van der Waals surface area contributed by atoms with Gasteiger partial charge in [-0.1, -0.05) is 15.9 Å². The molecule has 0 amide bonds. The molecule has 50 valence electrons. The zero-order valence-electron chi connectivity index (χ0n) is 5.16. The highest BCUT2D eigenvalue weighted by Gasteiger charge is 2.18. The van der Waals surface area contributed by atoms with Gasteiger partial charge in [0, 0.05) is 18.0 Å². The van der Waals surface area contributed by atoms with Gasteiger partial charge in [-0.25, -0.2) is 9.98 Å². The molecule has 2 heterocycles. The molecule has 3 heteroatoms. The number of aliphatic imine (C=N–C) groups is 2. The topological polar surface area (TPSA) is 24.7 Å². The summed E-state index contributed by atoms with van der Waals surface area (Å²) in [5, 5.41) is 0. The normalized spacial score (nSPS) is 27.9. The molecule has 2 rings (SSSR count). The molecule has 2 aliphatic heterocycles. The van der Waals surface area contributed by atoms with Gasteiger partial charge < -0.3 is 0 Å². The van der Waals surface area contributed by atoms with Crippen molar-refractivity contribution in [3.8, 4) is 0 Å². The molecule has 0 unspecified atom stereocenters. The van der Waals surface area contributed by atoms with E-state index < -0.39 is 0 Å². The smallest absolute Gasteiger partial charge is 0.156 e. The predicted octanol–water partition coefficient (Wildman–Crippen LogP) is 1.69. The van der Waals surface area contributed by atoms with Crippen molar-refractivity contribution in [3.05, 3.63) is 23.9 Å². The SMILES string of the molecule is Br[C@H]1C=CN=C2N=CC=C21. The standard InChI is InChI=1S/C7H5BrN2/c8-6-2-4-10-7-5(6)1-3-9-7/h1-4,6H/t6-/m0/s1. The largest absolute Gasteiger partial charge is 0.237 e. The lowest BCUT2D eigenvalue weighted by molar-refractivity contribution is 1.28. The molecule has 10 heavy (non-hydrogen) atoms. The van der Waals surface area contributed by atoms with Gasteiger partial charge in [0.1, 0.15) is 0 Å². The first-order valence-electron chi connectivity index (χ1n) is 3.01. The summed E-state index contributed by atoms with van der Waals surface area (Å²) < 4.78 is 0. The highest BCUT2D eigenvalue weighted by atomic mass is 79.9. The molecule has 0 aromatic heterocycles. The number of hydrogen-bond acceptors (Lipinski definition) is 2. The van der Waals surface area contributed by atoms with Crippen LogP contribution in [-0.4, -0.2) is 16.9 Å². The third kappa shape index (κ3) is 0.778. The summed E-state index contributed by atoms with van der Waals surface area (Å²) in [4.78, 5) is 8.43. The van der Waals surface area contributed by atoms with Crippen LogP contribution in [0.5, 0.6) is 0 Å². The minimum absolute atomic E-state index is 0.294. The van der Waals surface area contributed by atoms with Crippen LogP contribution in [0.25, 0.3) is 0 Å². The zero-order valence-corrected chi connectivity index (χ0v) is 6.75. The van der Waals surface area contributed by atoms with Gasteiger partial charge in [0.15, 0.2) is 5.84 Å². The van der Waals surface area contributed by atoms with Crippen molar-refractivity contribution in [3.63, 3.8) is 0 Å². The van der Waals surface area contributed by atoms with Gasteiger partial charge >= 0.3 is 0 Å². The van der Waals surface area contributed by atoms with Crippen LogP contribution in [0.1, 0.15) is 0 Å². The summed E-state index contributed by atoms with van der Waals surface area (Å²) in [5.74, 6) is 0.837. The molecular formula is C7H5BrN2. The quantitative estimate of drug-likeness (QED) is 0.528. The van der Waals surface area contributed by atoms with Crippen LogP contribution in [0.4, 0.5) is 0 Å². The molecule has 0 aromatic rings. The second-order valence-electron chi connectivity index (χ2n) is 2.10. The third-order valence-electron chi connectivity index (χ3n) is 1.46. The van der Waals surface area contributed by atoms with E-state index in [4.69, 9.17) is 0 Å². The fourth-order valence-corrected chi connectivity index (χ4v) is 1.45. The van der Waals surface area contributed by atoms with Crippen molar-refractivity contribution in [2.45, 2.75) is 4.83 Å². The Balaban J connectivity index is 2.45. The lowest BCUT2D eigenvalue weighted by Crippen LogP contribution is -2.08. The molecule has 2 aliphatic rings. The number of amidine groups is 1. The average Bonchev–Trinajstić information content (AvgIpc) is 2.36.